The van der Waals surface area contributed by atoms with Gasteiger partial charge in [-0.1, -0.05) is 13.0 Å². The minimum atomic E-state index is 0.534. The Bertz CT molecular complexity index is 441. The Morgan fingerprint density at radius 1 is 1.29 bits per heavy atom. The molecule has 0 radical (unpaired) electrons. The molecular weight excluding hydrogens is 324 g/mol. The van der Waals surface area contributed by atoms with Gasteiger partial charge in [0.1, 0.15) is 0 Å². The van der Waals surface area contributed by atoms with Crippen molar-refractivity contribution in [2.24, 2.45) is 5.92 Å². The van der Waals surface area contributed by atoms with Crippen molar-refractivity contribution in [1.82, 2.24) is 4.90 Å². The molecule has 21 heavy (non-hydrogen) atoms. The Balaban J connectivity index is 1.95. The smallest absolute Gasteiger partial charge is 0.0516 e. The molecule has 0 amide bonds. The van der Waals surface area contributed by atoms with Crippen LogP contribution in [-0.2, 0) is 0 Å². The lowest BCUT2D eigenvalue weighted by molar-refractivity contribution is 0.176. The van der Waals surface area contributed by atoms with Gasteiger partial charge < -0.3 is 10.2 Å². The van der Waals surface area contributed by atoms with Crippen LogP contribution in [0.15, 0.2) is 16.6 Å². The highest BCUT2D eigenvalue weighted by Gasteiger charge is 2.24. The van der Waals surface area contributed by atoms with E-state index in [1.54, 1.807) is 0 Å². The van der Waals surface area contributed by atoms with Gasteiger partial charge in [-0.2, -0.15) is 0 Å². The lowest BCUT2D eigenvalue weighted by atomic mass is 9.90. The standard InChI is InChI=1S/C18H29BrN2/c1-5-8-21-9-6-16(7-10-21)15(4)20-18-14(3)11-13(2)12-17(18)19/h11-12,15-16,20H,5-10H2,1-4H3. The predicted molar refractivity (Wildman–Crippen MR) is 96.2 cm³/mol. The molecule has 2 rings (SSSR count). The number of hydrogen-bond donors (Lipinski definition) is 1. The quantitative estimate of drug-likeness (QED) is 0.802. The second-order valence-electron chi connectivity index (χ2n) is 6.55. The molecule has 1 aromatic carbocycles. The van der Waals surface area contributed by atoms with E-state index in [1.165, 1.54) is 60.2 Å². The number of nitrogens with zero attached hydrogens (tertiary/aromatic N) is 1. The molecule has 1 aliphatic rings. The molecule has 0 saturated carbocycles. The van der Waals surface area contributed by atoms with Crippen molar-refractivity contribution in [1.29, 1.82) is 0 Å². The molecule has 118 valence electrons. The van der Waals surface area contributed by atoms with Gasteiger partial charge in [-0.3, -0.25) is 0 Å². The van der Waals surface area contributed by atoms with Crippen LogP contribution in [0.5, 0.6) is 0 Å². The van der Waals surface area contributed by atoms with Gasteiger partial charge in [0, 0.05) is 10.5 Å². The summed E-state index contributed by atoms with van der Waals surface area (Å²) in [5, 5.41) is 3.76. The summed E-state index contributed by atoms with van der Waals surface area (Å²) in [5.74, 6) is 0.783. The molecule has 1 saturated heterocycles. The van der Waals surface area contributed by atoms with Crippen LogP contribution in [0.1, 0.15) is 44.2 Å². The molecule has 0 bridgehead atoms. The summed E-state index contributed by atoms with van der Waals surface area (Å²) in [7, 11) is 0. The number of hydrogen-bond acceptors (Lipinski definition) is 2. The molecule has 1 fully saturated rings. The minimum Gasteiger partial charge on any atom is -0.381 e. The number of piperidine rings is 1. The summed E-state index contributed by atoms with van der Waals surface area (Å²) in [5.41, 5.74) is 3.91. The van der Waals surface area contributed by atoms with Gasteiger partial charge in [-0.15, -0.1) is 0 Å². The normalized spacial score (nSPS) is 18.7. The third-order valence-electron chi connectivity index (χ3n) is 4.68. The largest absolute Gasteiger partial charge is 0.381 e. The summed E-state index contributed by atoms with van der Waals surface area (Å²) >= 11 is 3.71. The number of halogens is 1. The van der Waals surface area contributed by atoms with Gasteiger partial charge in [0.15, 0.2) is 0 Å². The van der Waals surface area contributed by atoms with Gasteiger partial charge in [-0.05, 0) is 98.7 Å². The van der Waals surface area contributed by atoms with Crippen LogP contribution in [-0.4, -0.2) is 30.6 Å². The van der Waals surface area contributed by atoms with Crippen LogP contribution in [0.2, 0.25) is 0 Å². The van der Waals surface area contributed by atoms with Crippen molar-refractivity contribution in [3.05, 3.63) is 27.7 Å². The summed E-state index contributed by atoms with van der Waals surface area (Å²) < 4.78 is 1.19. The van der Waals surface area contributed by atoms with Crippen LogP contribution < -0.4 is 5.32 Å². The first-order valence-corrected chi connectivity index (χ1v) is 9.06. The lowest BCUT2D eigenvalue weighted by Gasteiger charge is -2.35. The van der Waals surface area contributed by atoms with Crippen molar-refractivity contribution < 1.29 is 0 Å². The Hall–Kier alpha value is -0.540. The fourth-order valence-electron chi connectivity index (χ4n) is 3.44. The van der Waals surface area contributed by atoms with Gasteiger partial charge in [0.25, 0.3) is 0 Å². The highest BCUT2D eigenvalue weighted by atomic mass is 79.9. The van der Waals surface area contributed by atoms with E-state index in [2.05, 4.69) is 66.0 Å². The number of rotatable bonds is 5. The number of nitrogens with one attached hydrogen (secondary N) is 1. The monoisotopic (exact) mass is 352 g/mol. The van der Waals surface area contributed by atoms with Gasteiger partial charge in [0.05, 0.1) is 5.69 Å². The third kappa shape index (κ3) is 4.46. The Kier molecular flexibility index (Phi) is 6.12. The molecule has 1 unspecified atom stereocenters. The third-order valence-corrected chi connectivity index (χ3v) is 5.31. The van der Waals surface area contributed by atoms with Crippen molar-refractivity contribution in [3.8, 4) is 0 Å². The van der Waals surface area contributed by atoms with Crippen LogP contribution >= 0.6 is 15.9 Å². The maximum atomic E-state index is 3.76. The Labute approximate surface area is 138 Å². The van der Waals surface area contributed by atoms with E-state index in [4.69, 9.17) is 0 Å². The van der Waals surface area contributed by atoms with E-state index in [1.807, 2.05) is 0 Å². The molecule has 1 aliphatic heterocycles. The summed E-state index contributed by atoms with van der Waals surface area (Å²) in [4.78, 5) is 2.61. The topological polar surface area (TPSA) is 15.3 Å². The second-order valence-corrected chi connectivity index (χ2v) is 7.41. The molecule has 1 N–H and O–H groups in total. The van der Waals surface area contributed by atoms with Crippen LogP contribution in [0, 0.1) is 19.8 Å². The van der Waals surface area contributed by atoms with E-state index in [-0.39, 0.29) is 0 Å². The SMILES string of the molecule is CCCN1CCC(C(C)Nc2c(C)cc(C)cc2Br)CC1. The zero-order chi connectivity index (χ0) is 15.4. The molecule has 2 nitrogen and oxygen atoms in total. The Morgan fingerprint density at radius 3 is 2.52 bits per heavy atom. The molecular formula is C18H29BrN2. The highest BCUT2D eigenvalue weighted by molar-refractivity contribution is 9.10. The number of aryl methyl sites for hydroxylation is 2. The first-order chi connectivity index (χ1) is 10.0. The number of benzene rings is 1. The van der Waals surface area contributed by atoms with Crippen LogP contribution in [0.3, 0.4) is 0 Å². The fourth-order valence-corrected chi connectivity index (χ4v) is 4.23. The van der Waals surface area contributed by atoms with E-state index in [0.29, 0.717) is 6.04 Å². The molecule has 3 heteroatoms. The van der Waals surface area contributed by atoms with Gasteiger partial charge in [-0.25, -0.2) is 0 Å². The molecule has 0 spiro atoms. The summed E-state index contributed by atoms with van der Waals surface area (Å²) in [6, 6.07) is 4.99. The van der Waals surface area contributed by atoms with E-state index in [0.717, 1.165) is 5.92 Å². The van der Waals surface area contributed by atoms with Crippen molar-refractivity contribution in [2.45, 2.75) is 53.0 Å². The Morgan fingerprint density at radius 2 is 1.95 bits per heavy atom. The maximum absolute atomic E-state index is 3.76. The van der Waals surface area contributed by atoms with E-state index < -0.39 is 0 Å². The first-order valence-electron chi connectivity index (χ1n) is 8.27. The van der Waals surface area contributed by atoms with Gasteiger partial charge in [0.2, 0.25) is 0 Å². The van der Waals surface area contributed by atoms with Crippen LogP contribution in [0.4, 0.5) is 5.69 Å². The molecule has 1 heterocycles. The summed E-state index contributed by atoms with van der Waals surface area (Å²) in [6.07, 6.45) is 3.90. The van der Waals surface area contributed by atoms with Crippen LogP contribution in [0.25, 0.3) is 0 Å². The fraction of sp³-hybridized carbons (Fsp3) is 0.667. The van der Waals surface area contributed by atoms with Crippen molar-refractivity contribution in [3.63, 3.8) is 0 Å². The maximum Gasteiger partial charge on any atom is 0.0516 e. The first kappa shape index (κ1) is 16.8. The highest BCUT2D eigenvalue weighted by Crippen LogP contribution is 2.31. The average molecular weight is 353 g/mol. The second kappa shape index (κ2) is 7.64. The average Bonchev–Trinajstić information content (AvgIpc) is 2.43. The number of anilines is 1. The zero-order valence-corrected chi connectivity index (χ0v) is 15.5. The summed E-state index contributed by atoms with van der Waals surface area (Å²) in [6.45, 7) is 12.7. The molecule has 1 atom stereocenters. The molecule has 0 aromatic heterocycles. The van der Waals surface area contributed by atoms with Crippen molar-refractivity contribution in [2.75, 3.05) is 25.0 Å². The lowest BCUT2D eigenvalue weighted by Crippen LogP contribution is -2.39. The molecule has 0 aliphatic carbocycles. The predicted octanol–water partition coefficient (Wildman–Crippen LogP) is 4.99. The zero-order valence-electron chi connectivity index (χ0n) is 13.9. The minimum absolute atomic E-state index is 0.534. The van der Waals surface area contributed by atoms with E-state index >= 15 is 0 Å². The molecule has 1 aromatic rings. The van der Waals surface area contributed by atoms with Crippen molar-refractivity contribution >= 4 is 21.6 Å². The van der Waals surface area contributed by atoms with E-state index in [9.17, 15) is 0 Å². The van der Waals surface area contributed by atoms with Gasteiger partial charge >= 0.3 is 0 Å². The number of likely N-dealkylation sites (tertiary alicyclic amines) is 1.